The summed E-state index contributed by atoms with van der Waals surface area (Å²) in [6.07, 6.45) is 3.13. The standard InChI is InChI=1S/C26H24ClN3O2/c1-2-17-11-13-19(14-12-17)29-26(32)24(30-25(31)21-8-3-5-9-22(21)27)15-18-16-28-23-10-6-4-7-20(18)23/h3-14,16,24,28H,2,15H2,1H3,(H,29,32)(H,30,31). The molecule has 0 saturated heterocycles. The summed E-state index contributed by atoms with van der Waals surface area (Å²) in [5.74, 6) is -0.683. The quantitative estimate of drug-likeness (QED) is 0.358. The van der Waals surface area contributed by atoms with Gasteiger partial charge < -0.3 is 15.6 Å². The van der Waals surface area contributed by atoms with E-state index in [0.29, 0.717) is 22.7 Å². The second-order valence-corrected chi connectivity index (χ2v) is 8.02. The third-order valence-corrected chi connectivity index (χ3v) is 5.80. The molecular weight excluding hydrogens is 422 g/mol. The van der Waals surface area contributed by atoms with Gasteiger partial charge >= 0.3 is 0 Å². The summed E-state index contributed by atoms with van der Waals surface area (Å²) in [7, 11) is 0. The fourth-order valence-corrected chi connectivity index (χ4v) is 3.89. The number of carbonyl (C=O) groups is 2. The molecular formula is C26H24ClN3O2. The Bertz CT molecular complexity index is 1250. The first-order valence-corrected chi connectivity index (χ1v) is 10.9. The number of aromatic nitrogens is 1. The maximum atomic E-state index is 13.2. The fourth-order valence-electron chi connectivity index (χ4n) is 3.66. The van der Waals surface area contributed by atoms with Gasteiger partial charge in [0, 0.05) is 29.2 Å². The van der Waals surface area contributed by atoms with Gasteiger partial charge in [0.1, 0.15) is 6.04 Å². The fraction of sp³-hybridized carbons (Fsp3) is 0.154. The van der Waals surface area contributed by atoms with Crippen LogP contribution in [-0.4, -0.2) is 22.8 Å². The second kappa shape index (κ2) is 9.71. The van der Waals surface area contributed by atoms with E-state index in [1.165, 1.54) is 5.56 Å². The number of halogens is 1. The highest BCUT2D eigenvalue weighted by atomic mass is 35.5. The number of nitrogens with one attached hydrogen (secondary N) is 3. The zero-order valence-corrected chi connectivity index (χ0v) is 18.4. The van der Waals surface area contributed by atoms with Crippen LogP contribution >= 0.6 is 11.6 Å². The van der Waals surface area contributed by atoms with Crippen molar-refractivity contribution in [2.24, 2.45) is 0 Å². The zero-order valence-electron chi connectivity index (χ0n) is 17.7. The Morgan fingerprint density at radius 3 is 2.44 bits per heavy atom. The van der Waals surface area contributed by atoms with E-state index >= 15 is 0 Å². The van der Waals surface area contributed by atoms with Gasteiger partial charge in [0.05, 0.1) is 10.6 Å². The number of hydrogen-bond donors (Lipinski definition) is 3. The molecule has 0 aliphatic carbocycles. The van der Waals surface area contributed by atoms with Gasteiger partial charge in [-0.1, -0.05) is 61.0 Å². The summed E-state index contributed by atoms with van der Waals surface area (Å²) in [5, 5.41) is 7.16. The topological polar surface area (TPSA) is 74.0 Å². The van der Waals surface area contributed by atoms with Crippen LogP contribution in [0, 0.1) is 0 Å². The van der Waals surface area contributed by atoms with E-state index in [9.17, 15) is 9.59 Å². The molecule has 1 aromatic heterocycles. The molecule has 1 atom stereocenters. The van der Waals surface area contributed by atoms with Crippen molar-refractivity contribution in [1.82, 2.24) is 10.3 Å². The predicted octanol–water partition coefficient (Wildman–Crippen LogP) is 5.36. The monoisotopic (exact) mass is 445 g/mol. The van der Waals surface area contributed by atoms with Crippen LogP contribution in [0.4, 0.5) is 5.69 Å². The normalized spacial score (nSPS) is 11.8. The van der Waals surface area contributed by atoms with Crippen molar-refractivity contribution in [3.8, 4) is 0 Å². The van der Waals surface area contributed by atoms with Gasteiger partial charge in [-0.3, -0.25) is 9.59 Å². The van der Waals surface area contributed by atoms with E-state index < -0.39 is 11.9 Å². The molecule has 0 saturated carbocycles. The first kappa shape index (κ1) is 21.7. The van der Waals surface area contributed by atoms with E-state index in [-0.39, 0.29) is 5.91 Å². The summed E-state index contributed by atoms with van der Waals surface area (Å²) in [5.41, 5.74) is 4.13. The lowest BCUT2D eigenvalue weighted by Crippen LogP contribution is -2.45. The highest BCUT2D eigenvalue weighted by Gasteiger charge is 2.24. The van der Waals surface area contributed by atoms with Gasteiger partial charge in [-0.05, 0) is 47.9 Å². The molecule has 4 rings (SSSR count). The number of rotatable bonds is 7. The first-order chi connectivity index (χ1) is 15.5. The number of H-pyrrole nitrogens is 1. The molecule has 162 valence electrons. The van der Waals surface area contributed by atoms with Crippen molar-refractivity contribution in [1.29, 1.82) is 0 Å². The molecule has 3 N–H and O–H groups in total. The Morgan fingerprint density at radius 2 is 1.69 bits per heavy atom. The Labute approximate surface area is 191 Å². The van der Waals surface area contributed by atoms with E-state index in [4.69, 9.17) is 11.6 Å². The molecule has 1 heterocycles. The van der Waals surface area contributed by atoms with Crippen LogP contribution in [0.5, 0.6) is 0 Å². The number of carbonyl (C=O) groups excluding carboxylic acids is 2. The number of para-hydroxylation sites is 1. The molecule has 0 aliphatic heterocycles. The van der Waals surface area contributed by atoms with Crippen molar-refractivity contribution in [2.75, 3.05) is 5.32 Å². The number of benzene rings is 3. The minimum atomic E-state index is -0.788. The summed E-state index contributed by atoms with van der Waals surface area (Å²) >= 11 is 6.19. The van der Waals surface area contributed by atoms with Gasteiger partial charge in [-0.2, -0.15) is 0 Å². The molecule has 2 amide bonds. The molecule has 0 radical (unpaired) electrons. The lowest BCUT2D eigenvalue weighted by Gasteiger charge is -2.19. The molecule has 3 aromatic carbocycles. The number of amides is 2. The minimum absolute atomic E-state index is 0.292. The van der Waals surface area contributed by atoms with Crippen LogP contribution in [-0.2, 0) is 17.6 Å². The largest absolute Gasteiger partial charge is 0.361 e. The van der Waals surface area contributed by atoms with Crippen LogP contribution in [0.3, 0.4) is 0 Å². The smallest absolute Gasteiger partial charge is 0.253 e. The summed E-state index contributed by atoms with van der Waals surface area (Å²) in [6, 6.07) is 21.6. The van der Waals surface area contributed by atoms with Crippen molar-refractivity contribution >= 4 is 40.0 Å². The summed E-state index contributed by atoms with van der Waals surface area (Å²) < 4.78 is 0. The number of anilines is 1. The van der Waals surface area contributed by atoms with Gasteiger partial charge in [-0.25, -0.2) is 0 Å². The highest BCUT2D eigenvalue weighted by molar-refractivity contribution is 6.33. The maximum Gasteiger partial charge on any atom is 0.253 e. The number of hydrogen-bond acceptors (Lipinski definition) is 2. The summed E-state index contributed by atoms with van der Waals surface area (Å²) in [4.78, 5) is 29.4. The molecule has 6 heteroatoms. The SMILES string of the molecule is CCc1ccc(NC(=O)C(Cc2c[nH]c3ccccc23)NC(=O)c2ccccc2Cl)cc1. The van der Waals surface area contributed by atoms with Crippen LogP contribution < -0.4 is 10.6 Å². The first-order valence-electron chi connectivity index (χ1n) is 10.6. The van der Waals surface area contributed by atoms with Gasteiger partial charge in [0.15, 0.2) is 0 Å². The van der Waals surface area contributed by atoms with E-state index in [1.807, 2.05) is 54.7 Å². The lowest BCUT2D eigenvalue weighted by atomic mass is 10.0. The van der Waals surface area contributed by atoms with Crippen LogP contribution in [0.1, 0.15) is 28.4 Å². The zero-order chi connectivity index (χ0) is 22.5. The maximum absolute atomic E-state index is 13.2. The summed E-state index contributed by atoms with van der Waals surface area (Å²) in [6.45, 7) is 2.08. The van der Waals surface area contributed by atoms with Crippen molar-refractivity contribution < 1.29 is 9.59 Å². The minimum Gasteiger partial charge on any atom is -0.361 e. The van der Waals surface area contributed by atoms with Crippen LogP contribution in [0.25, 0.3) is 10.9 Å². The Balaban J connectivity index is 1.59. The lowest BCUT2D eigenvalue weighted by molar-refractivity contribution is -0.118. The van der Waals surface area contributed by atoms with Crippen molar-refractivity contribution in [2.45, 2.75) is 25.8 Å². The highest BCUT2D eigenvalue weighted by Crippen LogP contribution is 2.21. The number of aromatic amines is 1. The second-order valence-electron chi connectivity index (χ2n) is 7.61. The average Bonchev–Trinajstić information content (AvgIpc) is 3.22. The molecule has 0 fully saturated rings. The van der Waals surface area contributed by atoms with Gasteiger partial charge in [0.25, 0.3) is 5.91 Å². The molecule has 4 aromatic rings. The van der Waals surface area contributed by atoms with Crippen LogP contribution in [0.15, 0.2) is 79.0 Å². The van der Waals surface area contributed by atoms with Crippen molar-refractivity contribution in [3.63, 3.8) is 0 Å². The number of aryl methyl sites for hydroxylation is 1. The third kappa shape index (κ3) is 4.84. The van der Waals surface area contributed by atoms with E-state index in [1.54, 1.807) is 24.3 Å². The predicted molar refractivity (Wildman–Crippen MR) is 129 cm³/mol. The Kier molecular flexibility index (Phi) is 6.57. The molecule has 0 spiro atoms. The van der Waals surface area contributed by atoms with Gasteiger partial charge in [-0.15, -0.1) is 0 Å². The molecule has 0 aliphatic rings. The number of fused-ring (bicyclic) bond motifs is 1. The third-order valence-electron chi connectivity index (χ3n) is 5.47. The Morgan fingerprint density at radius 1 is 0.969 bits per heavy atom. The Hall–Kier alpha value is -3.57. The van der Waals surface area contributed by atoms with Crippen LogP contribution in [0.2, 0.25) is 5.02 Å². The van der Waals surface area contributed by atoms with Gasteiger partial charge in [0.2, 0.25) is 5.91 Å². The van der Waals surface area contributed by atoms with E-state index in [2.05, 4.69) is 22.5 Å². The molecule has 1 unspecified atom stereocenters. The molecule has 5 nitrogen and oxygen atoms in total. The molecule has 32 heavy (non-hydrogen) atoms. The average molecular weight is 446 g/mol. The van der Waals surface area contributed by atoms with E-state index in [0.717, 1.165) is 22.9 Å². The molecule has 0 bridgehead atoms. The van der Waals surface area contributed by atoms with Crippen molar-refractivity contribution in [3.05, 3.63) is 101 Å².